The van der Waals surface area contributed by atoms with Crippen molar-refractivity contribution in [3.05, 3.63) is 0 Å². The molecule has 0 aromatic rings. The molecule has 4 nitrogen and oxygen atoms in total. The summed E-state index contributed by atoms with van der Waals surface area (Å²) in [4.78, 5) is 21.7. The maximum absolute atomic E-state index is 11.3. The summed E-state index contributed by atoms with van der Waals surface area (Å²) in [5, 5.41) is 2.96. The molecule has 0 aliphatic heterocycles. The van der Waals surface area contributed by atoms with Crippen molar-refractivity contribution in [1.82, 2.24) is 5.32 Å². The predicted octanol–water partition coefficient (Wildman–Crippen LogP) is 2.46. The number of nitrogens with one attached hydrogen (secondary N) is 1. The molecule has 0 atom stereocenters. The van der Waals surface area contributed by atoms with Crippen molar-refractivity contribution in [2.75, 3.05) is 6.61 Å². The Hall–Kier alpha value is -0.900. The molecular weight excluding hydrogens is 230 g/mol. The van der Waals surface area contributed by atoms with Gasteiger partial charge in [-0.05, 0) is 40.5 Å². The van der Waals surface area contributed by atoms with Crippen LogP contribution in [0, 0.1) is 0 Å². The van der Waals surface area contributed by atoms with Crippen LogP contribution >= 0.6 is 0 Å². The quantitative estimate of drug-likeness (QED) is 0.645. The van der Waals surface area contributed by atoms with Gasteiger partial charge in [-0.2, -0.15) is 0 Å². The number of hydrogen-bond acceptors (Lipinski definition) is 3. The number of rotatable bonds is 9. The van der Waals surface area contributed by atoms with E-state index in [2.05, 4.69) is 5.32 Å². The Kier molecular flexibility index (Phi) is 7.14. The zero-order valence-corrected chi connectivity index (χ0v) is 12.3. The maximum Gasteiger partial charge on any atom is 0.220 e. The Morgan fingerprint density at radius 1 is 1.22 bits per heavy atom. The second kappa shape index (κ2) is 7.52. The molecule has 0 aromatic carbocycles. The van der Waals surface area contributed by atoms with Crippen molar-refractivity contribution in [1.29, 1.82) is 0 Å². The van der Waals surface area contributed by atoms with Gasteiger partial charge in [0.2, 0.25) is 5.91 Å². The summed E-state index contributed by atoms with van der Waals surface area (Å²) < 4.78 is 5.77. The van der Waals surface area contributed by atoms with Gasteiger partial charge >= 0.3 is 0 Å². The highest BCUT2D eigenvalue weighted by molar-refractivity contribution is 5.76. The van der Waals surface area contributed by atoms with Crippen LogP contribution in [-0.4, -0.2) is 29.9 Å². The molecule has 18 heavy (non-hydrogen) atoms. The van der Waals surface area contributed by atoms with Crippen LogP contribution < -0.4 is 5.32 Å². The number of carbonyl (C=O) groups is 2. The van der Waals surface area contributed by atoms with Crippen LogP contribution in [0.25, 0.3) is 0 Å². The van der Waals surface area contributed by atoms with Crippen LogP contribution in [0.3, 0.4) is 0 Å². The van der Waals surface area contributed by atoms with E-state index in [-0.39, 0.29) is 17.0 Å². The fourth-order valence-electron chi connectivity index (χ4n) is 1.59. The van der Waals surface area contributed by atoms with Gasteiger partial charge in [-0.1, -0.05) is 6.92 Å². The third-order valence-corrected chi connectivity index (χ3v) is 2.88. The minimum atomic E-state index is -0.286. The molecule has 0 radical (unpaired) electrons. The lowest BCUT2D eigenvalue weighted by atomic mass is 10.00. The van der Waals surface area contributed by atoms with Gasteiger partial charge in [0, 0.05) is 25.0 Å². The number of aldehydes is 1. The van der Waals surface area contributed by atoms with Gasteiger partial charge in [0.15, 0.2) is 0 Å². The van der Waals surface area contributed by atoms with Crippen LogP contribution in [0.2, 0.25) is 0 Å². The van der Waals surface area contributed by atoms with Gasteiger partial charge in [0.25, 0.3) is 0 Å². The first-order valence-corrected chi connectivity index (χ1v) is 6.61. The van der Waals surface area contributed by atoms with E-state index < -0.39 is 0 Å². The zero-order chi connectivity index (χ0) is 14.2. The molecular formula is C14H27NO3. The van der Waals surface area contributed by atoms with Crippen molar-refractivity contribution in [3.8, 4) is 0 Å². The van der Waals surface area contributed by atoms with E-state index in [1.54, 1.807) is 0 Å². The van der Waals surface area contributed by atoms with Gasteiger partial charge in [-0.3, -0.25) is 4.79 Å². The molecule has 106 valence electrons. The van der Waals surface area contributed by atoms with E-state index in [0.29, 0.717) is 19.4 Å². The molecule has 1 N–H and O–H groups in total. The lowest BCUT2D eigenvalue weighted by molar-refractivity contribution is -0.122. The second-order valence-corrected chi connectivity index (χ2v) is 5.85. The number of ether oxygens (including phenoxy) is 1. The van der Waals surface area contributed by atoms with E-state index in [1.807, 2.05) is 34.6 Å². The number of amides is 1. The molecule has 0 bridgehead atoms. The first-order chi connectivity index (χ1) is 8.22. The zero-order valence-electron chi connectivity index (χ0n) is 12.3. The Morgan fingerprint density at radius 3 is 2.33 bits per heavy atom. The summed E-state index contributed by atoms with van der Waals surface area (Å²) in [7, 11) is 0. The molecule has 4 heteroatoms. The van der Waals surface area contributed by atoms with Gasteiger partial charge in [0.05, 0.1) is 5.60 Å². The minimum Gasteiger partial charge on any atom is -0.375 e. The van der Waals surface area contributed by atoms with Crippen LogP contribution in [0.4, 0.5) is 0 Å². The van der Waals surface area contributed by atoms with E-state index in [4.69, 9.17) is 4.74 Å². The van der Waals surface area contributed by atoms with E-state index >= 15 is 0 Å². The average molecular weight is 257 g/mol. The van der Waals surface area contributed by atoms with Crippen molar-refractivity contribution in [2.45, 2.75) is 71.4 Å². The van der Waals surface area contributed by atoms with Crippen LogP contribution in [0.1, 0.15) is 60.3 Å². The van der Waals surface area contributed by atoms with Crippen LogP contribution in [0.5, 0.6) is 0 Å². The summed E-state index contributed by atoms with van der Waals surface area (Å²) in [5.41, 5.74) is -0.542. The standard InChI is InChI=1S/C14H27NO3/c1-6-12(17)15-13(2,3)9-11-18-14(4,5)8-7-10-16/h10H,6-9,11H2,1-5H3,(H,15,17). The molecule has 0 saturated carbocycles. The third kappa shape index (κ3) is 8.23. The normalized spacial score (nSPS) is 12.3. The van der Waals surface area contributed by atoms with Gasteiger partial charge < -0.3 is 14.8 Å². The highest BCUT2D eigenvalue weighted by Gasteiger charge is 2.22. The monoisotopic (exact) mass is 257 g/mol. The molecule has 0 aliphatic carbocycles. The fraction of sp³-hybridized carbons (Fsp3) is 0.857. The molecule has 0 aliphatic rings. The van der Waals surface area contributed by atoms with Crippen molar-refractivity contribution >= 4 is 12.2 Å². The molecule has 0 rings (SSSR count). The Bertz CT molecular complexity index is 272. The molecule has 0 spiro atoms. The molecule has 1 amide bonds. The molecule has 0 unspecified atom stereocenters. The van der Waals surface area contributed by atoms with Gasteiger partial charge in [0.1, 0.15) is 6.29 Å². The summed E-state index contributed by atoms with van der Waals surface area (Å²) >= 11 is 0. The summed E-state index contributed by atoms with van der Waals surface area (Å²) in [5.74, 6) is 0.0558. The second-order valence-electron chi connectivity index (χ2n) is 5.85. The van der Waals surface area contributed by atoms with Crippen molar-refractivity contribution in [2.24, 2.45) is 0 Å². The van der Waals surface area contributed by atoms with Gasteiger partial charge in [-0.25, -0.2) is 0 Å². The topological polar surface area (TPSA) is 55.4 Å². The lowest BCUT2D eigenvalue weighted by Crippen LogP contribution is -2.44. The summed E-state index contributed by atoms with van der Waals surface area (Å²) in [6.45, 7) is 10.3. The Morgan fingerprint density at radius 2 is 1.83 bits per heavy atom. The highest BCUT2D eigenvalue weighted by Crippen LogP contribution is 2.18. The Balaban J connectivity index is 4.01. The third-order valence-electron chi connectivity index (χ3n) is 2.88. The minimum absolute atomic E-state index is 0.0558. The summed E-state index contributed by atoms with van der Waals surface area (Å²) in [6.07, 6.45) is 3.40. The van der Waals surface area contributed by atoms with Crippen molar-refractivity contribution in [3.63, 3.8) is 0 Å². The van der Waals surface area contributed by atoms with E-state index in [1.165, 1.54) is 0 Å². The fourth-order valence-corrected chi connectivity index (χ4v) is 1.59. The molecule has 0 aromatic heterocycles. The van der Waals surface area contributed by atoms with Crippen molar-refractivity contribution < 1.29 is 14.3 Å². The Labute approximate surface area is 110 Å². The van der Waals surface area contributed by atoms with Crippen LogP contribution in [0.15, 0.2) is 0 Å². The average Bonchev–Trinajstić information content (AvgIpc) is 2.25. The number of hydrogen-bond donors (Lipinski definition) is 1. The molecule has 0 heterocycles. The smallest absolute Gasteiger partial charge is 0.220 e. The predicted molar refractivity (Wildman–Crippen MR) is 72.5 cm³/mol. The van der Waals surface area contributed by atoms with E-state index in [0.717, 1.165) is 19.1 Å². The van der Waals surface area contributed by atoms with Gasteiger partial charge in [-0.15, -0.1) is 0 Å². The highest BCUT2D eigenvalue weighted by atomic mass is 16.5. The molecule has 0 saturated heterocycles. The summed E-state index contributed by atoms with van der Waals surface area (Å²) in [6, 6.07) is 0. The first-order valence-electron chi connectivity index (χ1n) is 6.61. The van der Waals surface area contributed by atoms with E-state index in [9.17, 15) is 9.59 Å². The van der Waals surface area contributed by atoms with Crippen LogP contribution in [-0.2, 0) is 14.3 Å². The lowest BCUT2D eigenvalue weighted by Gasteiger charge is -2.30. The number of carbonyl (C=O) groups excluding carboxylic acids is 2. The SMILES string of the molecule is CCC(=O)NC(C)(C)CCOC(C)(C)CCC=O. The molecule has 0 fully saturated rings. The maximum atomic E-state index is 11.3. The first kappa shape index (κ1) is 17.1. The largest absolute Gasteiger partial charge is 0.375 e.